The molecule has 140 valence electrons. The normalized spacial score (nSPS) is 18.1. The molecule has 4 rings (SSSR count). The first kappa shape index (κ1) is 17.3. The third kappa shape index (κ3) is 3.30. The Morgan fingerprint density at radius 2 is 1.85 bits per heavy atom. The van der Waals surface area contributed by atoms with Gasteiger partial charge in [-0.3, -0.25) is 19.8 Å². The number of imidazole rings is 1. The molecule has 2 aliphatic heterocycles. The molecule has 0 aliphatic carbocycles. The van der Waals surface area contributed by atoms with Crippen LogP contribution in [0.15, 0.2) is 36.7 Å². The lowest BCUT2D eigenvalue weighted by molar-refractivity contribution is -0.117. The average molecular weight is 367 g/mol. The van der Waals surface area contributed by atoms with E-state index in [4.69, 9.17) is 0 Å². The Hall–Kier alpha value is -3.16. The van der Waals surface area contributed by atoms with E-state index < -0.39 is 6.03 Å². The Balaban J connectivity index is 1.39. The van der Waals surface area contributed by atoms with Crippen molar-refractivity contribution in [3.8, 4) is 0 Å². The van der Waals surface area contributed by atoms with Crippen molar-refractivity contribution in [3.05, 3.63) is 48.0 Å². The Morgan fingerprint density at radius 1 is 1.15 bits per heavy atom. The summed E-state index contributed by atoms with van der Waals surface area (Å²) in [5.41, 5.74) is 1.18. The van der Waals surface area contributed by atoms with Crippen molar-refractivity contribution in [2.45, 2.75) is 18.8 Å². The van der Waals surface area contributed by atoms with E-state index in [0.29, 0.717) is 30.3 Å². The number of carbonyl (C=O) groups is 3. The van der Waals surface area contributed by atoms with Gasteiger partial charge >= 0.3 is 6.03 Å². The van der Waals surface area contributed by atoms with E-state index in [9.17, 15) is 14.4 Å². The fourth-order valence-electron chi connectivity index (χ4n) is 3.73. The molecule has 2 fully saturated rings. The van der Waals surface area contributed by atoms with Gasteiger partial charge in [0.15, 0.2) is 0 Å². The Kier molecular flexibility index (Phi) is 4.39. The number of rotatable bonds is 3. The maximum Gasteiger partial charge on any atom is 0.329 e. The van der Waals surface area contributed by atoms with Gasteiger partial charge in [-0.05, 0) is 37.1 Å². The van der Waals surface area contributed by atoms with Crippen molar-refractivity contribution in [2.75, 3.05) is 24.5 Å². The quantitative estimate of drug-likeness (QED) is 0.833. The van der Waals surface area contributed by atoms with Gasteiger partial charge in [0.05, 0.1) is 0 Å². The summed E-state index contributed by atoms with van der Waals surface area (Å²) in [4.78, 5) is 43.4. The van der Waals surface area contributed by atoms with E-state index in [-0.39, 0.29) is 18.4 Å². The van der Waals surface area contributed by atoms with Gasteiger partial charge in [-0.1, -0.05) is 0 Å². The SMILES string of the molecule is Cn1ccnc1C1CCN(C(=O)c2ccc(N3CC(=O)NC3=O)cc2)CC1. The van der Waals surface area contributed by atoms with Crippen LogP contribution in [0.2, 0.25) is 0 Å². The maximum atomic E-state index is 12.8. The fourth-order valence-corrected chi connectivity index (χ4v) is 3.73. The van der Waals surface area contributed by atoms with Crippen LogP contribution in [-0.4, -0.2) is 51.9 Å². The lowest BCUT2D eigenvalue weighted by Crippen LogP contribution is -2.38. The molecule has 4 amide bonds. The third-order valence-corrected chi connectivity index (χ3v) is 5.22. The summed E-state index contributed by atoms with van der Waals surface area (Å²) >= 11 is 0. The molecule has 0 saturated carbocycles. The molecule has 2 aromatic rings. The zero-order valence-corrected chi connectivity index (χ0v) is 15.1. The molecule has 1 aromatic heterocycles. The number of nitrogens with one attached hydrogen (secondary N) is 1. The first-order chi connectivity index (χ1) is 13.0. The second-order valence-corrected chi connectivity index (χ2v) is 6.95. The highest BCUT2D eigenvalue weighted by Crippen LogP contribution is 2.27. The van der Waals surface area contributed by atoms with Crippen LogP contribution in [0.3, 0.4) is 0 Å². The summed E-state index contributed by atoms with van der Waals surface area (Å²) in [5.74, 6) is 1.12. The highest BCUT2D eigenvalue weighted by atomic mass is 16.2. The Labute approximate surface area is 156 Å². The largest absolute Gasteiger partial charge is 0.339 e. The van der Waals surface area contributed by atoms with Crippen LogP contribution in [0, 0.1) is 0 Å². The molecule has 0 bridgehead atoms. The van der Waals surface area contributed by atoms with Crippen molar-refractivity contribution in [1.82, 2.24) is 19.8 Å². The van der Waals surface area contributed by atoms with Gasteiger partial charge in [0.2, 0.25) is 5.91 Å². The molecule has 8 nitrogen and oxygen atoms in total. The van der Waals surface area contributed by atoms with Crippen molar-refractivity contribution in [1.29, 1.82) is 0 Å². The number of anilines is 1. The molecule has 2 aliphatic rings. The second kappa shape index (κ2) is 6.86. The van der Waals surface area contributed by atoms with Gasteiger partial charge in [-0.2, -0.15) is 0 Å². The molecular formula is C19H21N5O3. The van der Waals surface area contributed by atoms with E-state index in [1.807, 2.05) is 28.9 Å². The number of nitrogens with zero attached hydrogens (tertiary/aromatic N) is 4. The smallest absolute Gasteiger partial charge is 0.329 e. The molecule has 1 aromatic carbocycles. The number of aryl methyl sites for hydroxylation is 1. The number of amides is 4. The molecular weight excluding hydrogens is 346 g/mol. The van der Waals surface area contributed by atoms with Crippen LogP contribution in [0.4, 0.5) is 10.5 Å². The average Bonchev–Trinajstić information content (AvgIpc) is 3.26. The number of aromatic nitrogens is 2. The molecule has 1 N–H and O–H groups in total. The van der Waals surface area contributed by atoms with Crippen LogP contribution in [0.25, 0.3) is 0 Å². The Morgan fingerprint density at radius 3 is 2.41 bits per heavy atom. The molecule has 0 radical (unpaired) electrons. The summed E-state index contributed by atoms with van der Waals surface area (Å²) < 4.78 is 2.04. The number of urea groups is 1. The van der Waals surface area contributed by atoms with Crippen molar-refractivity contribution >= 4 is 23.5 Å². The maximum absolute atomic E-state index is 12.8. The van der Waals surface area contributed by atoms with E-state index >= 15 is 0 Å². The molecule has 2 saturated heterocycles. The van der Waals surface area contributed by atoms with E-state index in [1.165, 1.54) is 4.90 Å². The number of hydrogen-bond donors (Lipinski definition) is 1. The molecule has 3 heterocycles. The number of hydrogen-bond acceptors (Lipinski definition) is 4. The zero-order chi connectivity index (χ0) is 19.0. The first-order valence-electron chi connectivity index (χ1n) is 9.01. The van der Waals surface area contributed by atoms with Gasteiger partial charge in [0, 0.05) is 49.7 Å². The number of imide groups is 1. The minimum atomic E-state index is -0.435. The summed E-state index contributed by atoms with van der Waals surface area (Å²) in [6.07, 6.45) is 5.54. The zero-order valence-electron chi connectivity index (χ0n) is 15.1. The first-order valence-corrected chi connectivity index (χ1v) is 9.01. The van der Waals surface area contributed by atoms with Gasteiger partial charge in [0.1, 0.15) is 12.4 Å². The number of benzene rings is 1. The number of piperidine rings is 1. The topological polar surface area (TPSA) is 87.5 Å². The van der Waals surface area contributed by atoms with Crippen LogP contribution in [-0.2, 0) is 11.8 Å². The van der Waals surface area contributed by atoms with Gasteiger partial charge in [-0.15, -0.1) is 0 Å². The molecule has 0 unspecified atom stereocenters. The lowest BCUT2D eigenvalue weighted by Gasteiger charge is -2.31. The van der Waals surface area contributed by atoms with Crippen LogP contribution in [0.1, 0.15) is 34.9 Å². The monoisotopic (exact) mass is 367 g/mol. The minimum absolute atomic E-state index is 0.00678. The van der Waals surface area contributed by atoms with Crippen molar-refractivity contribution in [2.24, 2.45) is 7.05 Å². The van der Waals surface area contributed by atoms with Crippen molar-refractivity contribution in [3.63, 3.8) is 0 Å². The predicted molar refractivity (Wildman–Crippen MR) is 98.4 cm³/mol. The molecule has 0 atom stereocenters. The summed E-state index contributed by atoms with van der Waals surface area (Å²) in [7, 11) is 2.00. The van der Waals surface area contributed by atoms with Gasteiger partial charge in [-0.25, -0.2) is 9.78 Å². The van der Waals surface area contributed by atoms with E-state index in [0.717, 1.165) is 18.7 Å². The van der Waals surface area contributed by atoms with Gasteiger partial charge in [0.25, 0.3) is 5.91 Å². The van der Waals surface area contributed by atoms with E-state index in [2.05, 4.69) is 10.3 Å². The number of carbonyl (C=O) groups excluding carboxylic acids is 3. The summed E-state index contributed by atoms with van der Waals surface area (Å²) in [6.45, 7) is 1.40. The van der Waals surface area contributed by atoms with Crippen LogP contribution in [0.5, 0.6) is 0 Å². The Bertz CT molecular complexity index is 881. The highest BCUT2D eigenvalue weighted by molar-refractivity contribution is 6.12. The number of likely N-dealkylation sites (tertiary alicyclic amines) is 1. The van der Waals surface area contributed by atoms with Crippen LogP contribution >= 0.6 is 0 Å². The van der Waals surface area contributed by atoms with Crippen molar-refractivity contribution < 1.29 is 14.4 Å². The summed E-state index contributed by atoms with van der Waals surface area (Å²) in [6, 6.07) is 6.38. The highest BCUT2D eigenvalue weighted by Gasteiger charge is 2.29. The molecule has 27 heavy (non-hydrogen) atoms. The molecule has 0 spiro atoms. The molecule has 8 heteroatoms. The summed E-state index contributed by atoms with van der Waals surface area (Å²) in [5, 5.41) is 2.24. The predicted octanol–water partition coefficient (Wildman–Crippen LogP) is 1.50. The second-order valence-electron chi connectivity index (χ2n) is 6.95. The fraction of sp³-hybridized carbons (Fsp3) is 0.368. The standard InChI is InChI=1S/C19H21N5O3/c1-22-11-8-20-17(22)13-6-9-23(10-7-13)18(26)14-2-4-15(5-3-14)24-12-16(25)21-19(24)27/h2-5,8,11,13H,6-7,9-10,12H2,1H3,(H,21,25,27). The third-order valence-electron chi connectivity index (χ3n) is 5.22. The van der Waals surface area contributed by atoms with E-state index in [1.54, 1.807) is 24.3 Å². The van der Waals surface area contributed by atoms with Gasteiger partial charge < -0.3 is 9.47 Å². The lowest BCUT2D eigenvalue weighted by atomic mass is 9.95. The minimum Gasteiger partial charge on any atom is -0.339 e. The van der Waals surface area contributed by atoms with Crippen LogP contribution < -0.4 is 10.2 Å².